The molecule has 1 aliphatic carbocycles. The summed E-state index contributed by atoms with van der Waals surface area (Å²) in [5, 5.41) is 10.6. The summed E-state index contributed by atoms with van der Waals surface area (Å²) in [6, 6.07) is 12.6. The molecule has 1 aliphatic rings. The van der Waals surface area contributed by atoms with E-state index >= 15 is 0 Å². The van der Waals surface area contributed by atoms with E-state index in [2.05, 4.69) is 38.1 Å². The summed E-state index contributed by atoms with van der Waals surface area (Å²) in [5.41, 5.74) is 2.40. The van der Waals surface area contributed by atoms with Crippen LogP contribution in [0.2, 0.25) is 0 Å². The molecule has 1 saturated carbocycles. The number of aliphatic hydroxyl groups is 1. The highest BCUT2D eigenvalue weighted by atomic mass is 35.5. The maximum atomic E-state index is 10.3. The third-order valence-corrected chi connectivity index (χ3v) is 6.26. The fourth-order valence-corrected chi connectivity index (χ4v) is 4.76. The van der Waals surface area contributed by atoms with Crippen LogP contribution >= 0.6 is 11.6 Å². The molecule has 1 fully saturated rings. The summed E-state index contributed by atoms with van der Waals surface area (Å²) in [5.74, 6) is 2.62. The zero-order valence-electron chi connectivity index (χ0n) is 15.9. The lowest BCUT2D eigenvalue weighted by atomic mass is 9.84. The fraction of sp³-hybridized carbons (Fsp3) is 0.565. The SMILES string of the molecule is CC(C)CC(O)c1ccc(C2CCC(Cl)C2CCCc2ccco2)cc1. The van der Waals surface area contributed by atoms with Crippen molar-refractivity contribution in [3.8, 4) is 0 Å². The molecular weight excluding hydrogens is 344 g/mol. The minimum absolute atomic E-state index is 0.266. The summed E-state index contributed by atoms with van der Waals surface area (Å²) in [7, 11) is 0. The Hall–Kier alpha value is -1.25. The van der Waals surface area contributed by atoms with Gasteiger partial charge in [-0.1, -0.05) is 38.1 Å². The van der Waals surface area contributed by atoms with Crippen LogP contribution in [0.3, 0.4) is 0 Å². The number of hydrogen-bond donors (Lipinski definition) is 1. The normalized spacial score (nSPS) is 24.3. The molecule has 26 heavy (non-hydrogen) atoms. The molecule has 0 spiro atoms. The van der Waals surface area contributed by atoms with E-state index in [0.717, 1.165) is 49.8 Å². The van der Waals surface area contributed by atoms with Crippen molar-refractivity contribution < 1.29 is 9.52 Å². The van der Waals surface area contributed by atoms with Gasteiger partial charge in [-0.15, -0.1) is 11.6 Å². The Morgan fingerprint density at radius 2 is 1.92 bits per heavy atom. The van der Waals surface area contributed by atoms with Gasteiger partial charge in [0.15, 0.2) is 0 Å². The van der Waals surface area contributed by atoms with Crippen LogP contribution in [0, 0.1) is 11.8 Å². The molecule has 2 aromatic rings. The van der Waals surface area contributed by atoms with Crippen LogP contribution < -0.4 is 0 Å². The molecule has 0 radical (unpaired) electrons. The van der Waals surface area contributed by atoms with Crippen molar-refractivity contribution >= 4 is 11.6 Å². The molecule has 0 bridgehead atoms. The van der Waals surface area contributed by atoms with Crippen molar-refractivity contribution in [1.29, 1.82) is 0 Å². The number of furan rings is 1. The topological polar surface area (TPSA) is 33.4 Å². The Kier molecular flexibility index (Phi) is 6.83. The minimum atomic E-state index is -0.363. The lowest BCUT2D eigenvalue weighted by Crippen LogP contribution is -2.14. The van der Waals surface area contributed by atoms with Crippen LogP contribution in [0.5, 0.6) is 0 Å². The van der Waals surface area contributed by atoms with Gasteiger partial charge in [0.2, 0.25) is 0 Å². The number of aliphatic hydroxyl groups excluding tert-OH is 1. The smallest absolute Gasteiger partial charge is 0.103 e. The number of rotatable bonds is 8. The Labute approximate surface area is 162 Å². The van der Waals surface area contributed by atoms with Gasteiger partial charge in [-0.05, 0) is 73.1 Å². The first-order valence-electron chi connectivity index (χ1n) is 9.99. The molecule has 0 aliphatic heterocycles. The number of alkyl halides is 1. The summed E-state index contributed by atoms with van der Waals surface area (Å²) in [4.78, 5) is 0. The second-order valence-electron chi connectivity index (χ2n) is 8.15. The van der Waals surface area contributed by atoms with E-state index < -0.39 is 0 Å². The van der Waals surface area contributed by atoms with Crippen LogP contribution in [-0.4, -0.2) is 10.5 Å². The highest BCUT2D eigenvalue weighted by Crippen LogP contribution is 2.45. The number of benzene rings is 1. The van der Waals surface area contributed by atoms with Crippen molar-refractivity contribution in [2.45, 2.75) is 69.8 Å². The highest BCUT2D eigenvalue weighted by Gasteiger charge is 2.35. The third kappa shape index (κ3) is 4.92. The molecule has 3 heteroatoms. The van der Waals surface area contributed by atoms with E-state index in [-0.39, 0.29) is 11.5 Å². The van der Waals surface area contributed by atoms with Gasteiger partial charge in [-0.3, -0.25) is 0 Å². The molecular formula is C23H31ClO2. The van der Waals surface area contributed by atoms with Gasteiger partial charge in [0.05, 0.1) is 12.4 Å². The van der Waals surface area contributed by atoms with Crippen molar-refractivity contribution in [3.05, 3.63) is 59.5 Å². The van der Waals surface area contributed by atoms with Gasteiger partial charge in [-0.25, -0.2) is 0 Å². The molecule has 1 heterocycles. The molecule has 142 valence electrons. The lowest BCUT2D eigenvalue weighted by Gasteiger charge is -2.23. The predicted octanol–water partition coefficient (Wildman–Crippen LogP) is 6.48. The number of hydrogen-bond acceptors (Lipinski definition) is 2. The van der Waals surface area contributed by atoms with E-state index in [9.17, 15) is 5.11 Å². The van der Waals surface area contributed by atoms with Crippen molar-refractivity contribution in [2.24, 2.45) is 11.8 Å². The zero-order valence-corrected chi connectivity index (χ0v) is 16.7. The molecule has 1 aromatic carbocycles. The van der Waals surface area contributed by atoms with Gasteiger partial charge in [0.25, 0.3) is 0 Å². The zero-order chi connectivity index (χ0) is 18.5. The lowest BCUT2D eigenvalue weighted by molar-refractivity contribution is 0.151. The summed E-state index contributed by atoms with van der Waals surface area (Å²) in [6.07, 6.45) is 7.68. The molecule has 1 aromatic heterocycles. The molecule has 2 nitrogen and oxygen atoms in total. The minimum Gasteiger partial charge on any atom is -0.469 e. The van der Waals surface area contributed by atoms with Crippen LogP contribution in [0.15, 0.2) is 47.1 Å². The van der Waals surface area contributed by atoms with Crippen molar-refractivity contribution in [3.63, 3.8) is 0 Å². The van der Waals surface area contributed by atoms with E-state index in [4.69, 9.17) is 16.0 Å². The van der Waals surface area contributed by atoms with Crippen molar-refractivity contribution in [1.82, 2.24) is 0 Å². The van der Waals surface area contributed by atoms with Gasteiger partial charge >= 0.3 is 0 Å². The highest BCUT2D eigenvalue weighted by molar-refractivity contribution is 6.21. The summed E-state index contributed by atoms with van der Waals surface area (Å²) >= 11 is 6.66. The second-order valence-corrected chi connectivity index (χ2v) is 8.71. The maximum Gasteiger partial charge on any atom is 0.103 e. The van der Waals surface area contributed by atoms with Gasteiger partial charge in [0.1, 0.15) is 5.76 Å². The average molecular weight is 375 g/mol. The quantitative estimate of drug-likeness (QED) is 0.536. The Morgan fingerprint density at radius 3 is 2.58 bits per heavy atom. The molecule has 0 saturated heterocycles. The Bertz CT molecular complexity index is 647. The van der Waals surface area contributed by atoms with Gasteiger partial charge in [-0.2, -0.15) is 0 Å². The third-order valence-electron chi connectivity index (χ3n) is 5.72. The summed E-state index contributed by atoms with van der Waals surface area (Å²) in [6.45, 7) is 4.29. The van der Waals surface area contributed by atoms with Gasteiger partial charge in [0, 0.05) is 11.8 Å². The van der Waals surface area contributed by atoms with Gasteiger partial charge < -0.3 is 9.52 Å². The molecule has 0 amide bonds. The monoisotopic (exact) mass is 374 g/mol. The molecule has 3 rings (SSSR count). The average Bonchev–Trinajstić information content (AvgIpc) is 3.25. The van der Waals surface area contributed by atoms with E-state index in [1.165, 1.54) is 5.56 Å². The van der Waals surface area contributed by atoms with E-state index in [0.29, 0.717) is 17.8 Å². The Morgan fingerprint density at radius 1 is 1.15 bits per heavy atom. The number of halogens is 1. The van der Waals surface area contributed by atoms with Crippen molar-refractivity contribution in [2.75, 3.05) is 0 Å². The first-order chi connectivity index (χ1) is 12.5. The molecule has 1 N–H and O–H groups in total. The molecule has 4 unspecified atom stereocenters. The largest absolute Gasteiger partial charge is 0.469 e. The molecule has 4 atom stereocenters. The Balaban J connectivity index is 1.61. The van der Waals surface area contributed by atoms with Crippen LogP contribution in [0.1, 0.15) is 74.9 Å². The first-order valence-corrected chi connectivity index (χ1v) is 10.4. The second kappa shape index (κ2) is 9.10. The first kappa shape index (κ1) is 19.5. The van der Waals surface area contributed by atoms with Crippen LogP contribution in [0.4, 0.5) is 0 Å². The van der Waals surface area contributed by atoms with Crippen LogP contribution in [-0.2, 0) is 6.42 Å². The maximum absolute atomic E-state index is 10.3. The number of aryl methyl sites for hydroxylation is 1. The fourth-order valence-electron chi connectivity index (χ4n) is 4.33. The van der Waals surface area contributed by atoms with E-state index in [1.807, 2.05) is 12.1 Å². The predicted molar refractivity (Wildman–Crippen MR) is 108 cm³/mol. The summed E-state index contributed by atoms with van der Waals surface area (Å²) < 4.78 is 5.44. The van der Waals surface area contributed by atoms with Crippen LogP contribution in [0.25, 0.3) is 0 Å². The van der Waals surface area contributed by atoms with E-state index in [1.54, 1.807) is 6.26 Å². The standard InChI is InChI=1S/C23H31ClO2/c1-16(2)15-23(25)18-10-8-17(9-11-18)20-12-13-22(24)21(20)7-3-5-19-6-4-14-26-19/h4,6,8-11,14,16,20-23,25H,3,5,7,12-13,15H2,1-2H3.